The summed E-state index contributed by atoms with van der Waals surface area (Å²) in [4.78, 5) is 28.6. The van der Waals surface area contributed by atoms with Crippen molar-refractivity contribution in [1.82, 2.24) is 0 Å². The zero-order chi connectivity index (χ0) is 50.0. The van der Waals surface area contributed by atoms with Crippen LogP contribution >= 0.6 is 12.6 Å². The van der Waals surface area contributed by atoms with E-state index in [0.29, 0.717) is 12.8 Å². The largest absolute Gasteiger partial charge is 0.480 e. The van der Waals surface area contributed by atoms with Crippen molar-refractivity contribution in [3.63, 3.8) is 0 Å². The molecule has 66 heavy (non-hydrogen) atoms. The van der Waals surface area contributed by atoms with E-state index in [0.717, 1.165) is 73.6 Å². The van der Waals surface area contributed by atoms with Crippen LogP contribution in [0.2, 0.25) is 0 Å². The molecule has 0 amide bonds. The van der Waals surface area contributed by atoms with Gasteiger partial charge in [0.1, 0.15) is 12.2 Å². The summed E-state index contributed by atoms with van der Waals surface area (Å²) in [6.45, 7) is 29.3. The first kappa shape index (κ1) is 59.8. The first-order chi connectivity index (χ1) is 30.6. The molecule has 0 aliphatic heterocycles. The number of unbranched alkanes of at least 4 members (excludes halogenated alkanes) is 19. The van der Waals surface area contributed by atoms with Gasteiger partial charge in [-0.2, -0.15) is 0 Å². The number of esters is 1. The molecule has 0 aliphatic carbocycles. The lowest BCUT2D eigenvalue weighted by Crippen LogP contribution is -2.52. The van der Waals surface area contributed by atoms with Crippen molar-refractivity contribution in [3.05, 3.63) is 69.8 Å². The van der Waals surface area contributed by atoms with Crippen LogP contribution in [-0.4, -0.2) is 32.2 Å². The van der Waals surface area contributed by atoms with Crippen molar-refractivity contribution in [3.8, 4) is 0 Å². The predicted octanol–water partition coefficient (Wildman–Crippen LogP) is 16.9. The molecule has 0 fully saturated rings. The first-order valence-corrected chi connectivity index (χ1v) is 27.0. The van der Waals surface area contributed by atoms with E-state index in [9.17, 15) is 20.1 Å². The molecule has 0 saturated heterocycles. The van der Waals surface area contributed by atoms with Crippen LogP contribution in [0.1, 0.15) is 290 Å². The van der Waals surface area contributed by atoms with Gasteiger partial charge in [0.2, 0.25) is 5.41 Å². The molecule has 378 valence electrons. The first-order valence-electron chi connectivity index (χ1n) is 26.5. The summed E-state index contributed by atoms with van der Waals surface area (Å²) in [5.41, 5.74) is -0.277. The molecular formula is C59H100O6S. The summed E-state index contributed by atoms with van der Waals surface area (Å²) < 4.78 is 6.54. The SMILES string of the molecule is CCCCCCCCCCCCCC(S)(CCCCCCCCCCCC)OC(=O)C(C(=O)O)(C(O)c1cc(C(C)(C)C)cc(C(C)(C)C)c1)C(O)c1cc(C(C)(C)C)cc(C(C)(C)C)c1. The summed E-state index contributed by atoms with van der Waals surface area (Å²) in [6.07, 6.45) is 21.3. The van der Waals surface area contributed by atoms with Gasteiger partial charge >= 0.3 is 11.9 Å². The minimum absolute atomic E-state index is 0.249. The van der Waals surface area contributed by atoms with E-state index in [1.807, 2.05) is 0 Å². The number of carbonyl (C=O) groups is 2. The smallest absolute Gasteiger partial charge is 0.331 e. The molecule has 3 unspecified atom stereocenters. The number of aliphatic hydroxyl groups is 2. The average Bonchev–Trinajstić information content (AvgIpc) is 3.21. The average molecular weight is 938 g/mol. The Hall–Kier alpha value is -2.35. The number of hydrogen-bond donors (Lipinski definition) is 4. The maximum Gasteiger partial charge on any atom is 0.331 e. The number of benzene rings is 2. The minimum atomic E-state index is -2.85. The number of ether oxygens (including phenoxy) is 1. The number of rotatable bonds is 30. The zero-order valence-corrected chi connectivity index (χ0v) is 45.8. The third kappa shape index (κ3) is 18.9. The maximum absolute atomic E-state index is 15.5. The zero-order valence-electron chi connectivity index (χ0n) is 44.9. The van der Waals surface area contributed by atoms with Crippen molar-refractivity contribution >= 4 is 24.6 Å². The second-order valence-corrected chi connectivity index (χ2v) is 25.0. The number of hydrogen-bond acceptors (Lipinski definition) is 6. The van der Waals surface area contributed by atoms with E-state index >= 15 is 4.79 Å². The van der Waals surface area contributed by atoms with Crippen LogP contribution in [0.5, 0.6) is 0 Å². The molecule has 2 rings (SSSR count). The Kier molecular flexibility index (Phi) is 24.6. The number of aliphatic carboxylic acids is 1. The monoisotopic (exact) mass is 937 g/mol. The van der Waals surface area contributed by atoms with E-state index in [2.05, 4.69) is 109 Å². The van der Waals surface area contributed by atoms with Crippen molar-refractivity contribution in [2.24, 2.45) is 5.41 Å². The Balaban J connectivity index is 2.72. The lowest BCUT2D eigenvalue weighted by molar-refractivity contribution is -0.197. The molecule has 0 spiro atoms. The molecule has 0 aromatic heterocycles. The molecule has 0 saturated carbocycles. The highest BCUT2D eigenvalue weighted by atomic mass is 32.1. The second-order valence-electron chi connectivity index (χ2n) is 24.2. The number of carboxylic acid groups (broad SMARTS) is 1. The number of aliphatic hydroxyl groups excluding tert-OH is 2. The van der Waals surface area contributed by atoms with Gasteiger partial charge in [-0.25, -0.2) is 0 Å². The van der Waals surface area contributed by atoms with Gasteiger partial charge in [-0.1, -0.05) is 255 Å². The van der Waals surface area contributed by atoms with E-state index in [-0.39, 0.29) is 32.8 Å². The Morgan fingerprint density at radius 3 is 0.924 bits per heavy atom. The van der Waals surface area contributed by atoms with Crippen LogP contribution in [0.3, 0.4) is 0 Å². The summed E-state index contributed by atoms with van der Waals surface area (Å²) in [5, 5.41) is 37.5. The second kappa shape index (κ2) is 27.2. The fraction of sp³-hybridized carbons (Fsp3) is 0.763. The van der Waals surface area contributed by atoms with Crippen LogP contribution in [-0.2, 0) is 36.0 Å². The van der Waals surface area contributed by atoms with E-state index < -0.39 is 34.5 Å². The molecule has 2 aromatic rings. The number of thiol groups is 1. The van der Waals surface area contributed by atoms with Gasteiger partial charge in [-0.15, -0.1) is 12.6 Å². The van der Waals surface area contributed by atoms with Gasteiger partial charge in [0, 0.05) is 0 Å². The Labute approximate surface area is 411 Å². The van der Waals surface area contributed by atoms with Gasteiger partial charge in [-0.3, -0.25) is 9.59 Å². The topological polar surface area (TPSA) is 104 Å². The number of carboxylic acids is 1. The van der Waals surface area contributed by atoms with Crippen LogP contribution < -0.4 is 0 Å². The van der Waals surface area contributed by atoms with E-state index in [4.69, 9.17) is 17.4 Å². The lowest BCUT2D eigenvalue weighted by atomic mass is 9.69. The van der Waals surface area contributed by atoms with Crippen molar-refractivity contribution in [2.45, 2.75) is 283 Å². The molecule has 0 bridgehead atoms. The van der Waals surface area contributed by atoms with Crippen LogP contribution in [0.25, 0.3) is 0 Å². The predicted molar refractivity (Wildman–Crippen MR) is 283 cm³/mol. The van der Waals surface area contributed by atoms with Gasteiger partial charge in [-0.05, 0) is 80.7 Å². The molecular weight excluding hydrogens is 837 g/mol. The van der Waals surface area contributed by atoms with Gasteiger partial charge in [0.05, 0.1) is 0 Å². The van der Waals surface area contributed by atoms with E-state index in [1.54, 1.807) is 24.3 Å². The molecule has 0 radical (unpaired) electrons. The highest BCUT2D eigenvalue weighted by Gasteiger charge is 2.62. The lowest BCUT2D eigenvalue weighted by Gasteiger charge is -2.40. The quantitative estimate of drug-likeness (QED) is 0.0205. The number of carbonyl (C=O) groups excluding carboxylic acids is 1. The fourth-order valence-electron chi connectivity index (χ4n) is 9.01. The highest BCUT2D eigenvalue weighted by molar-refractivity contribution is 7.81. The Morgan fingerprint density at radius 1 is 0.455 bits per heavy atom. The third-order valence-corrected chi connectivity index (χ3v) is 14.5. The summed E-state index contributed by atoms with van der Waals surface area (Å²) in [6, 6.07) is 11.4. The normalized spacial score (nSPS) is 15.5. The fourth-order valence-corrected chi connectivity index (χ4v) is 9.41. The standard InChI is InChI=1S/C59H100O6S/c1-15-17-19-21-23-25-27-29-31-33-35-37-58(66,36-34-32-30-28-26-24-22-20-18-16-2)65-53(64)59(52(62)63,50(60)44-38-46(54(3,4)5)42-47(39-44)55(6,7)8)51(61)45-40-48(56(9,10)11)43-49(41-45)57(12,13)14/h38-43,50-51,60-61,66H,15-37H2,1-14H3,(H,62,63). The Bertz CT molecular complexity index is 1590. The van der Waals surface area contributed by atoms with Crippen molar-refractivity contribution in [2.75, 3.05) is 0 Å². The Morgan fingerprint density at radius 2 is 0.697 bits per heavy atom. The van der Waals surface area contributed by atoms with Crippen molar-refractivity contribution in [1.29, 1.82) is 0 Å². The van der Waals surface area contributed by atoms with Crippen LogP contribution in [0.15, 0.2) is 36.4 Å². The van der Waals surface area contributed by atoms with Gasteiger partial charge < -0.3 is 20.1 Å². The minimum Gasteiger partial charge on any atom is -0.480 e. The van der Waals surface area contributed by atoms with Crippen molar-refractivity contribution < 1.29 is 29.6 Å². The van der Waals surface area contributed by atoms with Gasteiger partial charge in [0.15, 0.2) is 4.93 Å². The molecule has 2 aromatic carbocycles. The highest BCUT2D eigenvalue weighted by Crippen LogP contribution is 2.50. The van der Waals surface area contributed by atoms with Crippen LogP contribution in [0, 0.1) is 5.41 Å². The molecule has 6 nitrogen and oxygen atoms in total. The molecule has 7 heteroatoms. The maximum atomic E-state index is 15.5. The summed E-state index contributed by atoms with van der Waals surface area (Å²) in [7, 11) is 0. The third-order valence-electron chi connectivity index (χ3n) is 13.9. The molecule has 0 heterocycles. The van der Waals surface area contributed by atoms with E-state index in [1.165, 1.54) is 83.5 Å². The summed E-state index contributed by atoms with van der Waals surface area (Å²) >= 11 is 5.18. The molecule has 3 N–H and O–H groups in total. The van der Waals surface area contributed by atoms with Crippen LogP contribution in [0.4, 0.5) is 0 Å². The molecule has 0 aliphatic rings. The summed E-state index contributed by atoms with van der Waals surface area (Å²) in [5.74, 6) is -2.81. The van der Waals surface area contributed by atoms with Gasteiger partial charge in [0.25, 0.3) is 0 Å². The molecule has 3 atom stereocenters.